The zero-order valence-corrected chi connectivity index (χ0v) is 8.87. The van der Waals surface area contributed by atoms with Gasteiger partial charge in [0.2, 0.25) is 0 Å². The van der Waals surface area contributed by atoms with Gasteiger partial charge in [-0.2, -0.15) is 0 Å². The van der Waals surface area contributed by atoms with E-state index in [0.717, 1.165) is 13.0 Å². The second kappa shape index (κ2) is 4.12. The Kier molecular flexibility index (Phi) is 3.38. The number of thiophene rings is 1. The summed E-state index contributed by atoms with van der Waals surface area (Å²) in [6, 6.07) is 1.95. The molecule has 0 amide bonds. The minimum Gasteiger partial charge on any atom is -0.397 e. The summed E-state index contributed by atoms with van der Waals surface area (Å²) < 4.78 is 0.712. The molecule has 0 fully saturated rings. The first kappa shape index (κ1) is 9.84. The number of hydrogen-bond donors (Lipinski definition) is 1. The van der Waals surface area contributed by atoms with E-state index in [4.69, 9.17) is 17.3 Å². The standard InChI is InChI=1S/C8H13ClN2S/c1-11(2)4-3-6-5-7(10)8(9)12-6/h5H,3-4,10H2,1-2H3. The summed E-state index contributed by atoms with van der Waals surface area (Å²) in [6.45, 7) is 1.04. The molecule has 2 N–H and O–H groups in total. The molecular formula is C8H13ClN2S. The van der Waals surface area contributed by atoms with E-state index in [9.17, 15) is 0 Å². The lowest BCUT2D eigenvalue weighted by atomic mass is 10.3. The van der Waals surface area contributed by atoms with Gasteiger partial charge in [0.15, 0.2) is 0 Å². The van der Waals surface area contributed by atoms with Gasteiger partial charge in [0.25, 0.3) is 0 Å². The number of halogens is 1. The van der Waals surface area contributed by atoms with Crippen LogP contribution in [0.15, 0.2) is 6.07 Å². The molecule has 0 aliphatic rings. The molecule has 4 heteroatoms. The number of nitrogens with two attached hydrogens (primary N) is 1. The molecule has 0 unspecified atom stereocenters. The SMILES string of the molecule is CN(C)CCc1cc(N)c(Cl)s1. The van der Waals surface area contributed by atoms with E-state index in [-0.39, 0.29) is 0 Å². The van der Waals surface area contributed by atoms with Gasteiger partial charge in [-0.3, -0.25) is 0 Å². The molecule has 1 rings (SSSR count). The quantitative estimate of drug-likeness (QED) is 0.817. The van der Waals surface area contributed by atoms with Crippen molar-refractivity contribution < 1.29 is 0 Å². The van der Waals surface area contributed by atoms with Gasteiger partial charge in [0, 0.05) is 11.4 Å². The highest BCUT2D eigenvalue weighted by molar-refractivity contribution is 7.16. The zero-order chi connectivity index (χ0) is 9.14. The van der Waals surface area contributed by atoms with Crippen molar-refractivity contribution in [1.82, 2.24) is 4.90 Å². The van der Waals surface area contributed by atoms with Crippen LogP contribution in [0.4, 0.5) is 5.69 Å². The number of nitrogen functional groups attached to an aromatic ring is 1. The van der Waals surface area contributed by atoms with Gasteiger partial charge in [0.05, 0.1) is 5.69 Å². The third-order valence-electron chi connectivity index (χ3n) is 1.57. The maximum Gasteiger partial charge on any atom is 0.116 e. The van der Waals surface area contributed by atoms with Crippen molar-refractivity contribution in [2.24, 2.45) is 0 Å². The van der Waals surface area contributed by atoms with E-state index in [1.54, 1.807) is 11.3 Å². The van der Waals surface area contributed by atoms with Crippen molar-refractivity contribution in [3.05, 3.63) is 15.3 Å². The summed E-state index contributed by atoms with van der Waals surface area (Å²) >= 11 is 7.39. The van der Waals surface area contributed by atoms with Crippen molar-refractivity contribution in [2.45, 2.75) is 6.42 Å². The number of nitrogens with zero attached hydrogens (tertiary/aromatic N) is 1. The van der Waals surface area contributed by atoms with Gasteiger partial charge < -0.3 is 10.6 Å². The number of likely N-dealkylation sites (N-methyl/N-ethyl adjacent to an activating group) is 1. The molecule has 1 aromatic heterocycles. The number of hydrogen-bond acceptors (Lipinski definition) is 3. The Morgan fingerprint density at radius 2 is 2.25 bits per heavy atom. The van der Waals surface area contributed by atoms with Crippen molar-refractivity contribution in [2.75, 3.05) is 26.4 Å². The summed E-state index contributed by atoms with van der Waals surface area (Å²) in [7, 11) is 4.11. The Labute approximate surface area is 81.9 Å². The fourth-order valence-corrected chi connectivity index (χ4v) is 2.03. The molecule has 0 aliphatic carbocycles. The first-order valence-electron chi connectivity index (χ1n) is 3.78. The van der Waals surface area contributed by atoms with Crippen LogP contribution in [0.25, 0.3) is 0 Å². The minimum atomic E-state index is 0.704. The smallest absolute Gasteiger partial charge is 0.116 e. The molecule has 0 radical (unpaired) electrons. The van der Waals surface area contributed by atoms with E-state index in [2.05, 4.69) is 19.0 Å². The molecule has 12 heavy (non-hydrogen) atoms. The summed E-state index contributed by atoms with van der Waals surface area (Å²) in [5, 5.41) is 0. The average Bonchev–Trinajstić information content (AvgIpc) is 2.28. The fourth-order valence-electron chi connectivity index (χ4n) is 0.891. The lowest BCUT2D eigenvalue weighted by Crippen LogP contribution is -2.14. The average molecular weight is 205 g/mol. The molecule has 0 saturated carbocycles. The Hall–Kier alpha value is -0.250. The van der Waals surface area contributed by atoms with Crippen LogP contribution in [0.3, 0.4) is 0 Å². The highest BCUT2D eigenvalue weighted by Gasteiger charge is 2.03. The predicted molar refractivity (Wildman–Crippen MR) is 56.0 cm³/mol. The van der Waals surface area contributed by atoms with Crippen molar-refractivity contribution >= 4 is 28.6 Å². The van der Waals surface area contributed by atoms with Gasteiger partial charge in [-0.25, -0.2) is 0 Å². The molecule has 1 heterocycles. The van der Waals surface area contributed by atoms with E-state index in [1.165, 1.54) is 4.88 Å². The molecule has 0 atom stereocenters. The van der Waals surface area contributed by atoms with Crippen LogP contribution in [0.1, 0.15) is 4.88 Å². The maximum atomic E-state index is 5.82. The Morgan fingerprint density at radius 3 is 2.67 bits per heavy atom. The van der Waals surface area contributed by atoms with E-state index in [1.807, 2.05) is 6.07 Å². The van der Waals surface area contributed by atoms with Crippen molar-refractivity contribution in [3.8, 4) is 0 Å². The van der Waals surface area contributed by atoms with Gasteiger partial charge in [-0.05, 0) is 26.6 Å². The Morgan fingerprint density at radius 1 is 1.58 bits per heavy atom. The van der Waals surface area contributed by atoms with E-state index >= 15 is 0 Å². The first-order chi connectivity index (χ1) is 5.59. The van der Waals surface area contributed by atoms with Gasteiger partial charge in [0.1, 0.15) is 4.34 Å². The highest BCUT2D eigenvalue weighted by Crippen LogP contribution is 2.29. The third kappa shape index (κ3) is 2.66. The molecule has 0 spiro atoms. The summed E-state index contributed by atoms with van der Waals surface area (Å²) in [4.78, 5) is 3.40. The highest BCUT2D eigenvalue weighted by atomic mass is 35.5. The number of anilines is 1. The Balaban J connectivity index is 2.53. The number of rotatable bonds is 3. The minimum absolute atomic E-state index is 0.704. The van der Waals surface area contributed by atoms with Gasteiger partial charge >= 0.3 is 0 Å². The largest absolute Gasteiger partial charge is 0.397 e. The molecule has 68 valence electrons. The lowest BCUT2D eigenvalue weighted by Gasteiger charge is -2.06. The topological polar surface area (TPSA) is 29.3 Å². The Bertz CT molecular complexity index is 238. The third-order valence-corrected chi connectivity index (χ3v) is 3.02. The van der Waals surface area contributed by atoms with Crippen LogP contribution in [-0.2, 0) is 6.42 Å². The van der Waals surface area contributed by atoms with Crippen LogP contribution in [0.5, 0.6) is 0 Å². The normalized spacial score (nSPS) is 11.0. The van der Waals surface area contributed by atoms with Crippen LogP contribution in [-0.4, -0.2) is 25.5 Å². The second-order valence-electron chi connectivity index (χ2n) is 3.00. The molecule has 1 aromatic rings. The zero-order valence-electron chi connectivity index (χ0n) is 7.30. The van der Waals surface area contributed by atoms with Crippen LogP contribution >= 0.6 is 22.9 Å². The molecule has 0 aromatic carbocycles. The molecule has 0 bridgehead atoms. The lowest BCUT2D eigenvalue weighted by molar-refractivity contribution is 0.415. The maximum absolute atomic E-state index is 5.82. The van der Waals surface area contributed by atoms with E-state index in [0.29, 0.717) is 10.0 Å². The summed E-state index contributed by atoms with van der Waals surface area (Å²) in [5.41, 5.74) is 6.32. The first-order valence-corrected chi connectivity index (χ1v) is 4.97. The van der Waals surface area contributed by atoms with E-state index < -0.39 is 0 Å². The van der Waals surface area contributed by atoms with Crippen LogP contribution in [0, 0.1) is 0 Å². The molecule has 0 aliphatic heterocycles. The van der Waals surface area contributed by atoms with Crippen molar-refractivity contribution in [1.29, 1.82) is 0 Å². The molecular weight excluding hydrogens is 192 g/mol. The fraction of sp³-hybridized carbons (Fsp3) is 0.500. The summed E-state index contributed by atoms with van der Waals surface area (Å²) in [6.07, 6.45) is 1.02. The van der Waals surface area contributed by atoms with Crippen LogP contribution in [0.2, 0.25) is 4.34 Å². The van der Waals surface area contributed by atoms with Gasteiger partial charge in [-0.15, -0.1) is 11.3 Å². The molecule has 0 saturated heterocycles. The molecule has 2 nitrogen and oxygen atoms in total. The van der Waals surface area contributed by atoms with Crippen molar-refractivity contribution in [3.63, 3.8) is 0 Å². The second-order valence-corrected chi connectivity index (χ2v) is 4.73. The van der Waals surface area contributed by atoms with Crippen LogP contribution < -0.4 is 5.73 Å². The summed E-state index contributed by atoms with van der Waals surface area (Å²) in [5.74, 6) is 0. The monoisotopic (exact) mass is 204 g/mol. The van der Waals surface area contributed by atoms with Gasteiger partial charge in [-0.1, -0.05) is 11.6 Å². The predicted octanol–water partition coefficient (Wildman–Crippen LogP) is 2.09.